The van der Waals surface area contributed by atoms with Crippen LogP contribution in [0.1, 0.15) is 10.4 Å². The Morgan fingerprint density at radius 3 is 2.53 bits per heavy atom. The fourth-order valence-electron chi connectivity index (χ4n) is 1.68. The highest BCUT2D eigenvalue weighted by molar-refractivity contribution is 5.99. The molecule has 0 atom stereocenters. The van der Waals surface area contributed by atoms with Crippen molar-refractivity contribution in [1.29, 1.82) is 5.53 Å². The second kappa shape index (κ2) is 5.07. The van der Waals surface area contributed by atoms with Gasteiger partial charge in [0.2, 0.25) is 10.0 Å². The van der Waals surface area contributed by atoms with Crippen LogP contribution in [0, 0.1) is 5.53 Å². The summed E-state index contributed by atoms with van der Waals surface area (Å²) in [5.74, 6) is -0.593. The van der Waals surface area contributed by atoms with Crippen LogP contribution in [-0.2, 0) is 0 Å². The van der Waals surface area contributed by atoms with Crippen molar-refractivity contribution < 1.29 is 14.7 Å². The number of carbonyl (C=O) groups excluding carboxylic acids is 1. The van der Waals surface area contributed by atoms with Gasteiger partial charge in [-0.25, -0.2) is 4.79 Å². The molecule has 3 N–H and O–H groups in total. The topological polar surface area (TPSA) is 117 Å². The van der Waals surface area contributed by atoms with Crippen LogP contribution in [0.5, 0.6) is 0 Å². The highest BCUT2D eigenvalue weighted by Crippen LogP contribution is 2.21. The molecule has 0 unspecified atom stereocenters. The van der Waals surface area contributed by atoms with E-state index in [1.165, 1.54) is 0 Å². The second-order valence-electron chi connectivity index (χ2n) is 3.71. The molecule has 0 aliphatic carbocycles. The van der Waals surface area contributed by atoms with Gasteiger partial charge in [-0.05, 0) is 35.0 Å². The molecule has 7 nitrogen and oxygen atoms in total. The van der Waals surface area contributed by atoms with Crippen LogP contribution < -0.4 is 10.2 Å². The molecule has 0 aliphatic heterocycles. The van der Waals surface area contributed by atoms with E-state index in [2.05, 4.69) is 15.3 Å². The molecule has 0 aliphatic rings. The number of hydrogen-bond donors (Lipinski definition) is 3. The normalized spacial score (nSPS) is 9.68. The van der Waals surface area contributed by atoms with Crippen LogP contribution >= 0.6 is 0 Å². The van der Waals surface area contributed by atoms with Crippen molar-refractivity contribution >= 4 is 28.5 Å². The summed E-state index contributed by atoms with van der Waals surface area (Å²) in [4.78, 5) is 24.6. The lowest BCUT2D eigenvalue weighted by Gasteiger charge is -2.03. The number of rotatable bonds is 2. The van der Waals surface area contributed by atoms with Crippen molar-refractivity contribution in [3.05, 3.63) is 42.0 Å². The first-order valence-electron chi connectivity index (χ1n) is 5.26. The molecular formula is C12H9N4O3+. The van der Waals surface area contributed by atoms with Crippen molar-refractivity contribution in [2.75, 3.05) is 5.32 Å². The maximum atomic E-state index is 11.4. The first-order valence-corrected chi connectivity index (χ1v) is 5.26. The fraction of sp³-hybridized carbons (Fsp3) is 0. The molecule has 0 radical (unpaired) electrons. The van der Waals surface area contributed by atoms with E-state index in [4.69, 9.17) is 10.6 Å². The Balaban J connectivity index is 2.43. The summed E-state index contributed by atoms with van der Waals surface area (Å²) < 4.78 is 0. The fourth-order valence-corrected chi connectivity index (χ4v) is 1.68. The molecule has 0 fully saturated rings. The Morgan fingerprint density at radius 2 is 1.84 bits per heavy atom. The van der Waals surface area contributed by atoms with Crippen LogP contribution in [0.25, 0.3) is 10.8 Å². The third-order valence-electron chi connectivity index (χ3n) is 2.48. The molecule has 2 rings (SSSR count). The largest absolute Gasteiger partial charge is 0.465 e. The highest BCUT2D eigenvalue weighted by atomic mass is 16.4. The van der Waals surface area contributed by atoms with Gasteiger partial charge in [0.1, 0.15) is 5.53 Å². The van der Waals surface area contributed by atoms with E-state index in [1.54, 1.807) is 36.4 Å². The molecule has 0 saturated heterocycles. The van der Waals surface area contributed by atoms with Crippen molar-refractivity contribution in [2.45, 2.75) is 0 Å². The number of nitrogens with zero attached hydrogens (tertiary/aromatic N) is 2. The summed E-state index contributed by atoms with van der Waals surface area (Å²) in [6, 6.07) is 9.77. The molecule has 0 heterocycles. The average Bonchev–Trinajstić information content (AvgIpc) is 2.37. The smallest absolute Gasteiger partial charge is 0.409 e. The van der Waals surface area contributed by atoms with E-state index >= 15 is 0 Å². The van der Waals surface area contributed by atoms with Gasteiger partial charge < -0.3 is 5.11 Å². The molecule has 0 aromatic heterocycles. The first kappa shape index (κ1) is 12.4. The minimum Gasteiger partial charge on any atom is -0.465 e. The summed E-state index contributed by atoms with van der Waals surface area (Å²) in [7, 11) is 0. The highest BCUT2D eigenvalue weighted by Gasteiger charge is 2.10. The number of benzene rings is 2. The molecule has 2 aromatic carbocycles. The third kappa shape index (κ3) is 2.80. The minimum atomic E-state index is -1.14. The van der Waals surface area contributed by atoms with Gasteiger partial charge in [0.05, 0.1) is 0 Å². The quantitative estimate of drug-likeness (QED) is 0.566. The Morgan fingerprint density at radius 1 is 1.16 bits per heavy atom. The maximum absolute atomic E-state index is 11.4. The van der Waals surface area contributed by atoms with Gasteiger partial charge in [0, 0.05) is 11.3 Å². The molecule has 0 bridgehead atoms. The monoisotopic (exact) mass is 257 g/mol. The molecular weight excluding hydrogens is 248 g/mol. The minimum absolute atomic E-state index is 0.322. The van der Waals surface area contributed by atoms with Crippen molar-refractivity contribution in [3.8, 4) is 0 Å². The first-order chi connectivity index (χ1) is 9.10. The Bertz CT molecular complexity index is 720. The Labute approximate surface area is 107 Å². The zero-order valence-electron chi connectivity index (χ0n) is 9.62. The van der Waals surface area contributed by atoms with Gasteiger partial charge in [-0.2, -0.15) is 0 Å². The second-order valence-corrected chi connectivity index (χ2v) is 3.71. The number of nitrogens with one attached hydrogen (secondary N) is 2. The van der Waals surface area contributed by atoms with Crippen molar-refractivity contribution in [3.63, 3.8) is 0 Å². The maximum Gasteiger partial charge on any atom is 0.409 e. The van der Waals surface area contributed by atoms with Gasteiger partial charge in [-0.15, -0.1) is 0 Å². The summed E-state index contributed by atoms with van der Waals surface area (Å²) in [6.07, 6.45) is -1.14. The number of amides is 2. The molecule has 2 amide bonds. The molecule has 94 valence electrons. The number of carbonyl (C=O) groups is 2. The molecule has 0 spiro atoms. The summed E-state index contributed by atoms with van der Waals surface area (Å²) in [5, 5.41) is 15.5. The average molecular weight is 257 g/mol. The molecule has 0 saturated carbocycles. The van der Waals surface area contributed by atoms with Gasteiger partial charge in [-0.1, -0.05) is 12.1 Å². The Kier molecular flexibility index (Phi) is 3.31. The van der Waals surface area contributed by atoms with Crippen LogP contribution in [0.4, 0.5) is 10.5 Å². The summed E-state index contributed by atoms with van der Waals surface area (Å²) in [5.41, 5.74) is 7.28. The summed E-state index contributed by atoms with van der Waals surface area (Å²) in [6.45, 7) is 0. The number of fused-ring (bicyclic) bond motifs is 1. The van der Waals surface area contributed by atoms with E-state index < -0.39 is 12.0 Å². The van der Waals surface area contributed by atoms with Crippen molar-refractivity contribution in [1.82, 2.24) is 4.91 Å². The zero-order chi connectivity index (χ0) is 13.8. The predicted octanol–water partition coefficient (Wildman–Crippen LogP) is 2.62. The van der Waals surface area contributed by atoms with E-state index in [-0.39, 0.29) is 0 Å². The van der Waals surface area contributed by atoms with Crippen molar-refractivity contribution in [2.24, 2.45) is 5.11 Å². The van der Waals surface area contributed by atoms with Gasteiger partial charge in [0.25, 0.3) is 0 Å². The SMILES string of the molecule is N=[N+]=NC(=O)c1ccc2cc(NC(=O)O)ccc2c1. The molecule has 19 heavy (non-hydrogen) atoms. The van der Waals surface area contributed by atoms with E-state index in [1.807, 2.05) is 0 Å². The van der Waals surface area contributed by atoms with Crippen LogP contribution in [0.15, 0.2) is 41.5 Å². The third-order valence-corrected chi connectivity index (χ3v) is 2.48. The van der Waals surface area contributed by atoms with Gasteiger partial charge >= 0.3 is 12.0 Å². The van der Waals surface area contributed by atoms with E-state index in [9.17, 15) is 9.59 Å². The van der Waals surface area contributed by atoms with Gasteiger partial charge in [-0.3, -0.25) is 10.1 Å². The van der Waals surface area contributed by atoms with Gasteiger partial charge in [0.15, 0.2) is 0 Å². The lowest BCUT2D eigenvalue weighted by atomic mass is 10.1. The number of anilines is 1. The lowest BCUT2D eigenvalue weighted by Crippen LogP contribution is -2.06. The van der Waals surface area contributed by atoms with Crippen LogP contribution in [0.2, 0.25) is 0 Å². The zero-order valence-corrected chi connectivity index (χ0v) is 9.62. The van der Waals surface area contributed by atoms with E-state index in [0.717, 1.165) is 10.8 Å². The van der Waals surface area contributed by atoms with Crippen LogP contribution in [-0.4, -0.2) is 17.1 Å². The summed E-state index contributed by atoms with van der Waals surface area (Å²) >= 11 is 0. The Hall–Kier alpha value is -3.05. The number of carboxylic acid groups (broad SMARTS) is 1. The predicted molar refractivity (Wildman–Crippen MR) is 67.2 cm³/mol. The standard InChI is InChI=1S/C12H8N4O3/c13-16-15-11(17)9-2-1-8-6-10(14-12(18)19)4-3-7(8)5-9/h1-6,13H,(H-,14,17,18,19)/p+1. The molecule has 2 aromatic rings. The van der Waals surface area contributed by atoms with E-state index in [0.29, 0.717) is 11.3 Å². The lowest BCUT2D eigenvalue weighted by molar-refractivity contribution is 0.0992. The molecule has 7 heteroatoms. The number of hydrogen-bond acceptors (Lipinski definition) is 3. The van der Waals surface area contributed by atoms with Crippen LogP contribution in [0.3, 0.4) is 0 Å².